The molecule has 5 nitrogen and oxygen atoms in total. The second kappa shape index (κ2) is 5.78. The number of amides is 3. The van der Waals surface area contributed by atoms with Gasteiger partial charge in [0.2, 0.25) is 17.7 Å². The lowest BCUT2D eigenvalue weighted by atomic mass is 9.55. The Morgan fingerprint density at radius 3 is 1.48 bits per heavy atom. The van der Waals surface area contributed by atoms with Crippen LogP contribution in [0.1, 0.15) is 54.9 Å². The van der Waals surface area contributed by atoms with E-state index in [1.165, 1.54) is 4.90 Å². The van der Waals surface area contributed by atoms with Crippen molar-refractivity contribution in [1.29, 1.82) is 0 Å². The normalized spacial score (nSPS) is 28.8. The molecule has 6 rings (SSSR count). The molecule has 0 aromatic heterocycles. The highest BCUT2D eigenvalue weighted by atomic mass is 16.2. The minimum Gasteiger partial charge on any atom is -0.368 e. The molecule has 1 saturated heterocycles. The Hall–Kier alpha value is -2.95. The zero-order valence-corrected chi connectivity index (χ0v) is 16.8. The fourth-order valence-electron chi connectivity index (χ4n) is 5.79. The fourth-order valence-corrected chi connectivity index (χ4v) is 5.79. The van der Waals surface area contributed by atoms with Crippen molar-refractivity contribution in [2.24, 2.45) is 23.5 Å². The number of rotatable bonds is 3. The summed E-state index contributed by atoms with van der Waals surface area (Å²) in [7, 11) is 0. The molecule has 2 aromatic carbocycles. The number of imide groups is 1. The van der Waals surface area contributed by atoms with Gasteiger partial charge in [0, 0.05) is 11.8 Å². The molecule has 3 amide bonds. The number of carbonyl (C=O) groups excluding carboxylic acids is 3. The van der Waals surface area contributed by atoms with E-state index in [2.05, 4.69) is 24.3 Å². The average Bonchev–Trinajstić information content (AvgIpc) is 2.98. The number of hydrogen-bond acceptors (Lipinski definition) is 3. The maximum Gasteiger partial charge on any atom is 0.243 e. The minimum absolute atomic E-state index is 0.178. The number of likely N-dealkylation sites (tertiary alicyclic amines) is 1. The summed E-state index contributed by atoms with van der Waals surface area (Å²) in [6, 6.07) is 16.2. The van der Waals surface area contributed by atoms with Crippen LogP contribution in [0.2, 0.25) is 0 Å². The highest BCUT2D eigenvalue weighted by Crippen LogP contribution is 2.61. The van der Waals surface area contributed by atoms with Gasteiger partial charge in [-0.2, -0.15) is 0 Å². The highest BCUT2D eigenvalue weighted by Gasteiger charge is 2.65. The lowest BCUT2D eigenvalue weighted by Crippen LogP contribution is -2.61. The molecule has 2 bridgehead atoms. The average molecular weight is 388 g/mol. The van der Waals surface area contributed by atoms with Crippen LogP contribution in [-0.2, 0) is 14.4 Å². The van der Waals surface area contributed by atoms with Crippen LogP contribution in [0.25, 0.3) is 0 Å². The molecular weight excluding hydrogens is 364 g/mol. The van der Waals surface area contributed by atoms with E-state index in [0.717, 1.165) is 22.3 Å². The van der Waals surface area contributed by atoms with Crippen LogP contribution in [-0.4, -0.2) is 28.2 Å². The largest absolute Gasteiger partial charge is 0.368 e. The molecule has 0 spiro atoms. The molecule has 3 unspecified atom stereocenters. The molecule has 5 heteroatoms. The molecule has 29 heavy (non-hydrogen) atoms. The van der Waals surface area contributed by atoms with Gasteiger partial charge in [-0.15, -0.1) is 0 Å². The summed E-state index contributed by atoms with van der Waals surface area (Å²) in [5.74, 6) is -2.80. The van der Waals surface area contributed by atoms with Gasteiger partial charge in [0.1, 0.15) is 5.54 Å². The molecule has 1 fully saturated rings. The highest BCUT2D eigenvalue weighted by molar-refractivity contribution is 6.11. The van der Waals surface area contributed by atoms with Crippen LogP contribution >= 0.6 is 0 Å². The van der Waals surface area contributed by atoms with E-state index in [9.17, 15) is 14.4 Å². The number of benzene rings is 2. The summed E-state index contributed by atoms with van der Waals surface area (Å²) in [6.07, 6.45) is 0. The third-order valence-electron chi connectivity index (χ3n) is 7.54. The molecule has 3 aliphatic carbocycles. The van der Waals surface area contributed by atoms with Crippen molar-refractivity contribution in [1.82, 2.24) is 4.90 Å². The van der Waals surface area contributed by atoms with Crippen LogP contribution in [0.15, 0.2) is 48.5 Å². The van der Waals surface area contributed by atoms with Gasteiger partial charge >= 0.3 is 0 Å². The molecule has 0 saturated carbocycles. The van der Waals surface area contributed by atoms with Gasteiger partial charge in [0.15, 0.2) is 0 Å². The second-order valence-corrected chi connectivity index (χ2v) is 8.94. The summed E-state index contributed by atoms with van der Waals surface area (Å²) in [4.78, 5) is 41.1. The topological polar surface area (TPSA) is 80.5 Å². The van der Waals surface area contributed by atoms with Crippen LogP contribution in [0.4, 0.5) is 0 Å². The molecule has 2 N–H and O–H groups in total. The molecular formula is C24H24N2O3. The maximum absolute atomic E-state index is 13.7. The summed E-state index contributed by atoms with van der Waals surface area (Å²) < 4.78 is 0. The summed E-state index contributed by atoms with van der Waals surface area (Å²) in [5.41, 5.74) is 8.86. The Labute approximate surface area is 169 Å². The van der Waals surface area contributed by atoms with Gasteiger partial charge in [-0.25, -0.2) is 0 Å². The van der Waals surface area contributed by atoms with E-state index in [-0.39, 0.29) is 29.6 Å². The third-order valence-corrected chi connectivity index (χ3v) is 7.54. The first kappa shape index (κ1) is 18.1. The first-order chi connectivity index (χ1) is 13.8. The number of nitrogens with two attached hydrogens (primary N) is 1. The van der Waals surface area contributed by atoms with E-state index < -0.39 is 23.3 Å². The monoisotopic (exact) mass is 388 g/mol. The van der Waals surface area contributed by atoms with Gasteiger partial charge in [-0.1, -0.05) is 62.4 Å². The van der Waals surface area contributed by atoms with Crippen LogP contribution in [0, 0.1) is 17.8 Å². The van der Waals surface area contributed by atoms with Gasteiger partial charge in [0.25, 0.3) is 0 Å². The number of primary amides is 1. The quantitative estimate of drug-likeness (QED) is 0.821. The van der Waals surface area contributed by atoms with Crippen molar-refractivity contribution in [3.05, 3.63) is 70.8 Å². The lowest BCUT2D eigenvalue weighted by Gasteiger charge is -2.45. The summed E-state index contributed by atoms with van der Waals surface area (Å²) in [5, 5.41) is 0. The summed E-state index contributed by atoms with van der Waals surface area (Å²) >= 11 is 0. The molecule has 148 valence electrons. The zero-order chi connectivity index (χ0) is 20.7. The standard InChI is InChI=1S/C24H24N2O3/c1-12(2)24(3,23(25)29)26-21(27)19-17-13-8-4-5-9-14(13)18(20(19)22(26)28)16-11-7-6-10-15(16)17/h4-12,17-20H,1-3H3,(H2,25,29). The predicted molar refractivity (Wildman–Crippen MR) is 108 cm³/mol. The van der Waals surface area contributed by atoms with Crippen molar-refractivity contribution in [2.75, 3.05) is 0 Å². The van der Waals surface area contributed by atoms with E-state index >= 15 is 0 Å². The Bertz CT molecular complexity index is 960. The van der Waals surface area contributed by atoms with E-state index in [1.54, 1.807) is 6.92 Å². The minimum atomic E-state index is -1.34. The first-order valence-corrected chi connectivity index (χ1v) is 10.2. The third kappa shape index (κ3) is 2.03. The Morgan fingerprint density at radius 1 is 0.862 bits per heavy atom. The molecule has 1 aliphatic heterocycles. The second-order valence-electron chi connectivity index (χ2n) is 8.94. The van der Waals surface area contributed by atoms with Crippen molar-refractivity contribution in [3.8, 4) is 0 Å². The van der Waals surface area contributed by atoms with Crippen molar-refractivity contribution < 1.29 is 14.4 Å². The molecule has 0 radical (unpaired) electrons. The van der Waals surface area contributed by atoms with Crippen molar-refractivity contribution in [2.45, 2.75) is 38.1 Å². The van der Waals surface area contributed by atoms with E-state index in [1.807, 2.05) is 38.1 Å². The SMILES string of the molecule is CC(C)C(C)(C(N)=O)N1C(=O)C2C3c4ccccc4C(c4ccccc43)C2C1=O. The van der Waals surface area contributed by atoms with Gasteiger partial charge < -0.3 is 5.73 Å². The predicted octanol–water partition coefficient (Wildman–Crippen LogP) is 2.78. The Balaban J connectivity index is 1.74. The van der Waals surface area contributed by atoms with Gasteiger partial charge in [-0.3, -0.25) is 19.3 Å². The lowest BCUT2D eigenvalue weighted by molar-refractivity contribution is -0.155. The first-order valence-electron chi connectivity index (χ1n) is 10.2. The van der Waals surface area contributed by atoms with Gasteiger partial charge in [0.05, 0.1) is 11.8 Å². The number of hydrogen-bond donors (Lipinski definition) is 1. The molecule has 3 atom stereocenters. The van der Waals surface area contributed by atoms with E-state index in [0.29, 0.717) is 0 Å². The number of carbonyl (C=O) groups is 3. The fraction of sp³-hybridized carbons (Fsp3) is 0.375. The van der Waals surface area contributed by atoms with E-state index in [4.69, 9.17) is 5.73 Å². The maximum atomic E-state index is 13.7. The number of nitrogens with zero attached hydrogens (tertiary/aromatic N) is 1. The van der Waals surface area contributed by atoms with Crippen LogP contribution in [0.3, 0.4) is 0 Å². The Morgan fingerprint density at radius 2 is 1.21 bits per heavy atom. The van der Waals surface area contributed by atoms with Crippen LogP contribution < -0.4 is 5.73 Å². The summed E-state index contributed by atoms with van der Waals surface area (Å²) in [6.45, 7) is 5.27. The Kier molecular flexibility index (Phi) is 3.61. The zero-order valence-electron chi connectivity index (χ0n) is 16.8. The molecule has 1 heterocycles. The van der Waals surface area contributed by atoms with Gasteiger partial charge in [-0.05, 0) is 35.1 Å². The molecule has 2 aromatic rings. The van der Waals surface area contributed by atoms with Crippen molar-refractivity contribution in [3.63, 3.8) is 0 Å². The van der Waals surface area contributed by atoms with Crippen LogP contribution in [0.5, 0.6) is 0 Å². The molecule has 4 aliphatic rings. The smallest absolute Gasteiger partial charge is 0.243 e. The van der Waals surface area contributed by atoms with Crippen molar-refractivity contribution >= 4 is 17.7 Å².